The number of hydrogen-bond donors (Lipinski definition) is 1. The molecule has 0 aliphatic rings. The first-order valence-electron chi connectivity index (χ1n) is 7.42. The van der Waals surface area contributed by atoms with Crippen molar-refractivity contribution in [1.29, 1.82) is 0 Å². The first kappa shape index (κ1) is 17.2. The average molecular weight is 363 g/mol. The molecule has 1 aromatic carbocycles. The van der Waals surface area contributed by atoms with E-state index >= 15 is 0 Å². The lowest BCUT2D eigenvalue weighted by Gasteiger charge is -2.09. The number of furan rings is 1. The monoisotopic (exact) mass is 363 g/mol. The molecule has 3 aromatic rings. The normalized spacial score (nSPS) is 11.5. The Morgan fingerprint density at radius 2 is 2.08 bits per heavy atom. The van der Waals surface area contributed by atoms with Crippen LogP contribution in [0, 0.1) is 6.92 Å². The molecule has 0 aliphatic carbocycles. The lowest BCUT2D eigenvalue weighted by molar-refractivity contribution is -0.0503. The van der Waals surface area contributed by atoms with E-state index in [0.29, 0.717) is 22.3 Å². The number of rotatable bonds is 7. The van der Waals surface area contributed by atoms with Gasteiger partial charge in [0.05, 0.1) is 0 Å². The number of para-hydroxylation sites is 1. The lowest BCUT2D eigenvalue weighted by atomic mass is 10.2. The van der Waals surface area contributed by atoms with Gasteiger partial charge in [-0.05, 0) is 37.3 Å². The molecule has 0 radical (unpaired) electrons. The van der Waals surface area contributed by atoms with E-state index in [9.17, 15) is 8.78 Å². The molecule has 8 heteroatoms. The summed E-state index contributed by atoms with van der Waals surface area (Å²) in [5, 5.41) is 7.42. The number of alkyl halides is 2. The third-order valence-electron chi connectivity index (χ3n) is 3.19. The largest absolute Gasteiger partial charge is 0.462 e. The SMILES string of the molecule is Cc1ccc(/C=C/c2nc(SCc3ccccc3OC(F)F)n[nH]2)o1. The molecule has 5 nitrogen and oxygen atoms in total. The van der Waals surface area contributed by atoms with Crippen LogP contribution in [0.3, 0.4) is 0 Å². The van der Waals surface area contributed by atoms with Gasteiger partial charge in [-0.2, -0.15) is 8.78 Å². The van der Waals surface area contributed by atoms with Crippen molar-refractivity contribution >= 4 is 23.9 Å². The van der Waals surface area contributed by atoms with Crippen LogP contribution in [-0.4, -0.2) is 21.8 Å². The van der Waals surface area contributed by atoms with Crippen LogP contribution >= 0.6 is 11.8 Å². The fourth-order valence-corrected chi connectivity index (χ4v) is 2.87. The molecule has 0 saturated heterocycles. The average Bonchev–Trinajstić information content (AvgIpc) is 3.20. The Morgan fingerprint density at radius 1 is 1.24 bits per heavy atom. The summed E-state index contributed by atoms with van der Waals surface area (Å²) in [6.07, 6.45) is 3.54. The van der Waals surface area contributed by atoms with Gasteiger partial charge in [0.1, 0.15) is 23.1 Å². The van der Waals surface area contributed by atoms with Gasteiger partial charge in [-0.3, -0.25) is 5.10 Å². The molecule has 0 bridgehead atoms. The summed E-state index contributed by atoms with van der Waals surface area (Å²) >= 11 is 1.33. The molecule has 0 aliphatic heterocycles. The van der Waals surface area contributed by atoms with Gasteiger partial charge in [0.15, 0.2) is 0 Å². The minimum absolute atomic E-state index is 0.161. The highest BCUT2D eigenvalue weighted by atomic mass is 32.2. The number of hydrogen-bond acceptors (Lipinski definition) is 5. The van der Waals surface area contributed by atoms with Crippen molar-refractivity contribution in [3.05, 3.63) is 59.3 Å². The van der Waals surface area contributed by atoms with Crippen LogP contribution in [0.5, 0.6) is 5.75 Å². The van der Waals surface area contributed by atoms with E-state index in [0.717, 1.165) is 11.5 Å². The quantitative estimate of drug-likeness (QED) is 0.613. The minimum Gasteiger partial charge on any atom is -0.462 e. The number of aromatic amines is 1. The van der Waals surface area contributed by atoms with E-state index in [1.165, 1.54) is 17.8 Å². The highest BCUT2D eigenvalue weighted by Gasteiger charge is 2.10. The van der Waals surface area contributed by atoms with Crippen LogP contribution in [0.25, 0.3) is 12.2 Å². The van der Waals surface area contributed by atoms with E-state index in [2.05, 4.69) is 19.9 Å². The summed E-state index contributed by atoms with van der Waals surface area (Å²) in [6, 6.07) is 10.4. The molecule has 25 heavy (non-hydrogen) atoms. The van der Waals surface area contributed by atoms with E-state index < -0.39 is 6.61 Å². The predicted octanol–water partition coefficient (Wildman–Crippen LogP) is 4.77. The van der Waals surface area contributed by atoms with E-state index in [1.54, 1.807) is 30.4 Å². The summed E-state index contributed by atoms with van der Waals surface area (Å²) in [7, 11) is 0. The molecule has 3 rings (SSSR count). The van der Waals surface area contributed by atoms with Crippen molar-refractivity contribution in [2.75, 3.05) is 0 Å². The highest BCUT2D eigenvalue weighted by Crippen LogP contribution is 2.27. The molecule has 2 heterocycles. The predicted molar refractivity (Wildman–Crippen MR) is 91.4 cm³/mol. The number of halogens is 2. The molecular formula is C17H15F2N3O2S. The highest BCUT2D eigenvalue weighted by molar-refractivity contribution is 7.98. The number of nitrogens with one attached hydrogen (secondary N) is 1. The van der Waals surface area contributed by atoms with E-state index in [4.69, 9.17) is 4.42 Å². The third kappa shape index (κ3) is 4.93. The maximum Gasteiger partial charge on any atom is 0.387 e. The number of benzene rings is 1. The number of H-pyrrole nitrogens is 1. The van der Waals surface area contributed by atoms with Crippen LogP contribution in [0.1, 0.15) is 22.9 Å². The van der Waals surface area contributed by atoms with Crippen molar-refractivity contribution in [2.24, 2.45) is 0 Å². The molecule has 2 aromatic heterocycles. The van der Waals surface area contributed by atoms with Gasteiger partial charge in [0.25, 0.3) is 0 Å². The van der Waals surface area contributed by atoms with Crippen molar-refractivity contribution in [2.45, 2.75) is 24.4 Å². The molecule has 0 atom stereocenters. The molecule has 1 N–H and O–H groups in total. The second-order valence-corrected chi connectivity index (χ2v) is 6.00. The van der Waals surface area contributed by atoms with Crippen molar-refractivity contribution in [1.82, 2.24) is 15.2 Å². The maximum absolute atomic E-state index is 12.4. The summed E-state index contributed by atoms with van der Waals surface area (Å²) in [6.45, 7) is -0.979. The standard InChI is InChI=1S/C17H15F2N3O2S/c1-11-6-7-13(23-11)8-9-15-20-17(22-21-15)25-10-12-4-2-3-5-14(12)24-16(18)19/h2-9,16H,10H2,1H3,(H,20,21,22)/b9-8+. The Bertz CT molecular complexity index is 861. The topological polar surface area (TPSA) is 63.9 Å². The second-order valence-electron chi connectivity index (χ2n) is 5.06. The lowest BCUT2D eigenvalue weighted by Crippen LogP contribution is -2.03. The van der Waals surface area contributed by atoms with Crippen LogP contribution in [-0.2, 0) is 5.75 Å². The van der Waals surface area contributed by atoms with Gasteiger partial charge in [-0.15, -0.1) is 5.10 Å². The van der Waals surface area contributed by atoms with Crippen LogP contribution in [0.15, 0.2) is 46.0 Å². The maximum atomic E-state index is 12.4. The Morgan fingerprint density at radius 3 is 2.84 bits per heavy atom. The zero-order valence-electron chi connectivity index (χ0n) is 13.3. The zero-order valence-corrected chi connectivity index (χ0v) is 14.1. The number of aryl methyl sites for hydroxylation is 1. The van der Waals surface area contributed by atoms with Gasteiger partial charge < -0.3 is 9.15 Å². The Labute approximate surface area is 147 Å². The van der Waals surface area contributed by atoms with E-state index in [1.807, 2.05) is 19.1 Å². The van der Waals surface area contributed by atoms with Gasteiger partial charge in [0.2, 0.25) is 5.16 Å². The van der Waals surface area contributed by atoms with Gasteiger partial charge in [-0.25, -0.2) is 4.98 Å². The number of aromatic nitrogens is 3. The smallest absolute Gasteiger partial charge is 0.387 e. The fourth-order valence-electron chi connectivity index (χ4n) is 2.08. The number of nitrogens with zero attached hydrogens (tertiary/aromatic N) is 2. The third-order valence-corrected chi connectivity index (χ3v) is 4.09. The Balaban J connectivity index is 1.61. The molecule has 0 saturated carbocycles. The summed E-state index contributed by atoms with van der Waals surface area (Å²) < 4.78 is 34.8. The first-order valence-corrected chi connectivity index (χ1v) is 8.41. The summed E-state index contributed by atoms with van der Waals surface area (Å²) in [5.41, 5.74) is 0.653. The number of thioether (sulfide) groups is 1. The number of ether oxygens (including phenoxy) is 1. The fraction of sp³-hybridized carbons (Fsp3) is 0.176. The van der Waals surface area contributed by atoms with Crippen LogP contribution < -0.4 is 4.74 Å². The van der Waals surface area contributed by atoms with Crippen molar-refractivity contribution < 1.29 is 17.9 Å². The minimum atomic E-state index is -2.85. The van der Waals surface area contributed by atoms with Crippen molar-refractivity contribution in [3.8, 4) is 5.75 Å². The Hall–Kier alpha value is -2.61. The molecule has 0 spiro atoms. The van der Waals surface area contributed by atoms with Gasteiger partial charge in [0, 0.05) is 11.3 Å². The molecular weight excluding hydrogens is 348 g/mol. The summed E-state index contributed by atoms with van der Waals surface area (Å²) in [4.78, 5) is 4.32. The van der Waals surface area contributed by atoms with Crippen molar-refractivity contribution in [3.63, 3.8) is 0 Å². The molecule has 0 fully saturated rings. The first-order chi connectivity index (χ1) is 12.1. The van der Waals surface area contributed by atoms with Gasteiger partial charge >= 0.3 is 6.61 Å². The summed E-state index contributed by atoms with van der Waals surface area (Å²) in [5.74, 6) is 2.71. The van der Waals surface area contributed by atoms with E-state index in [-0.39, 0.29) is 5.75 Å². The molecule has 130 valence electrons. The zero-order chi connectivity index (χ0) is 17.6. The van der Waals surface area contributed by atoms with Crippen LogP contribution in [0.4, 0.5) is 8.78 Å². The van der Waals surface area contributed by atoms with Gasteiger partial charge in [-0.1, -0.05) is 30.0 Å². The second kappa shape index (κ2) is 7.98. The molecule has 0 unspecified atom stereocenters. The molecule has 0 amide bonds. The Kier molecular flexibility index (Phi) is 5.49. The van der Waals surface area contributed by atoms with Crippen LogP contribution in [0.2, 0.25) is 0 Å².